The molecule has 0 radical (unpaired) electrons. The van der Waals surface area contributed by atoms with Crippen LogP contribution in [-0.4, -0.2) is 39.8 Å². The molecule has 2 unspecified atom stereocenters. The minimum Gasteiger partial charge on any atom is -0.391 e. The first kappa shape index (κ1) is 16.0. The summed E-state index contributed by atoms with van der Waals surface area (Å²) >= 11 is 5.98. The Morgan fingerprint density at radius 3 is 3.00 bits per heavy atom. The summed E-state index contributed by atoms with van der Waals surface area (Å²) in [5.74, 6) is -0.0381. The molecule has 2 aromatic rings. The summed E-state index contributed by atoms with van der Waals surface area (Å²) in [7, 11) is 0. The fourth-order valence-electron chi connectivity index (χ4n) is 3.01. The Morgan fingerprint density at radius 1 is 1.43 bits per heavy atom. The first-order chi connectivity index (χ1) is 11.1. The van der Waals surface area contributed by atoms with Gasteiger partial charge in [0.05, 0.1) is 12.1 Å². The van der Waals surface area contributed by atoms with Gasteiger partial charge in [0.1, 0.15) is 5.69 Å². The third-order valence-corrected chi connectivity index (χ3v) is 4.44. The Hall–Kier alpha value is -1.85. The molecule has 1 aromatic carbocycles. The van der Waals surface area contributed by atoms with E-state index in [4.69, 9.17) is 16.1 Å². The van der Waals surface area contributed by atoms with Crippen LogP contribution in [0, 0.1) is 0 Å². The molecule has 1 fully saturated rings. The van der Waals surface area contributed by atoms with Crippen LogP contribution in [0.1, 0.15) is 36.7 Å². The minimum atomic E-state index is -0.561. The highest BCUT2D eigenvalue weighted by Crippen LogP contribution is 2.25. The van der Waals surface area contributed by atoms with Gasteiger partial charge in [-0.15, -0.1) is 0 Å². The zero-order valence-electron chi connectivity index (χ0n) is 12.9. The largest absolute Gasteiger partial charge is 0.391 e. The maximum Gasteiger partial charge on any atom is 0.292 e. The van der Waals surface area contributed by atoms with Crippen LogP contribution in [0.5, 0.6) is 0 Å². The van der Waals surface area contributed by atoms with Crippen molar-refractivity contribution in [3.8, 4) is 11.3 Å². The van der Waals surface area contributed by atoms with E-state index in [2.05, 4.69) is 5.16 Å². The number of likely N-dealkylation sites (tertiary alicyclic amines) is 1. The summed E-state index contributed by atoms with van der Waals surface area (Å²) in [6, 6.07) is 8.68. The molecule has 0 aliphatic carbocycles. The van der Waals surface area contributed by atoms with Crippen LogP contribution in [0.3, 0.4) is 0 Å². The molecule has 0 bridgehead atoms. The third kappa shape index (κ3) is 3.41. The highest BCUT2D eigenvalue weighted by atomic mass is 35.5. The van der Waals surface area contributed by atoms with Gasteiger partial charge in [0.2, 0.25) is 5.76 Å². The molecule has 1 aromatic heterocycles. The summed E-state index contributed by atoms with van der Waals surface area (Å²) in [4.78, 5) is 14.4. The number of carbonyl (C=O) groups excluding carboxylic acids is 1. The summed E-state index contributed by atoms with van der Waals surface area (Å²) in [6.07, 6.45) is 2.20. The van der Waals surface area contributed by atoms with Gasteiger partial charge in [-0.25, -0.2) is 0 Å². The van der Waals surface area contributed by atoms with E-state index in [1.165, 1.54) is 0 Å². The number of piperidine rings is 1. The smallest absolute Gasteiger partial charge is 0.292 e. The fraction of sp³-hybridized carbons (Fsp3) is 0.412. The highest BCUT2D eigenvalue weighted by Gasteiger charge is 2.32. The van der Waals surface area contributed by atoms with Crippen LogP contribution in [0.2, 0.25) is 5.02 Å². The fourth-order valence-corrected chi connectivity index (χ4v) is 3.20. The molecule has 6 heteroatoms. The average molecular weight is 335 g/mol. The van der Waals surface area contributed by atoms with E-state index in [-0.39, 0.29) is 17.7 Å². The SMILES string of the molecule is CC(O)C1CCCCN1C(=O)c1cc(-c2cccc(Cl)c2)no1. The number of amides is 1. The molecular weight excluding hydrogens is 316 g/mol. The van der Waals surface area contributed by atoms with Crippen molar-refractivity contribution >= 4 is 17.5 Å². The van der Waals surface area contributed by atoms with Crippen LogP contribution in [0.25, 0.3) is 11.3 Å². The zero-order valence-corrected chi connectivity index (χ0v) is 13.7. The molecule has 5 nitrogen and oxygen atoms in total. The van der Waals surface area contributed by atoms with Crippen molar-refractivity contribution in [1.82, 2.24) is 10.1 Å². The van der Waals surface area contributed by atoms with Crippen LogP contribution in [-0.2, 0) is 0 Å². The number of aliphatic hydroxyl groups is 1. The molecule has 0 saturated carbocycles. The molecule has 1 amide bonds. The molecular formula is C17H19ClN2O3. The van der Waals surface area contributed by atoms with E-state index >= 15 is 0 Å². The first-order valence-electron chi connectivity index (χ1n) is 7.78. The van der Waals surface area contributed by atoms with Gasteiger partial charge in [-0.05, 0) is 38.3 Å². The van der Waals surface area contributed by atoms with Gasteiger partial charge in [-0.3, -0.25) is 4.79 Å². The lowest BCUT2D eigenvalue weighted by atomic mass is 9.98. The first-order valence-corrected chi connectivity index (χ1v) is 8.16. The summed E-state index contributed by atoms with van der Waals surface area (Å²) < 4.78 is 5.24. The van der Waals surface area contributed by atoms with E-state index in [0.717, 1.165) is 24.8 Å². The van der Waals surface area contributed by atoms with E-state index < -0.39 is 6.10 Å². The maximum atomic E-state index is 12.7. The van der Waals surface area contributed by atoms with Crippen LogP contribution >= 0.6 is 11.6 Å². The van der Waals surface area contributed by atoms with E-state index in [9.17, 15) is 9.90 Å². The highest BCUT2D eigenvalue weighted by molar-refractivity contribution is 6.30. The molecule has 2 heterocycles. The van der Waals surface area contributed by atoms with Crippen LogP contribution < -0.4 is 0 Å². The van der Waals surface area contributed by atoms with Gasteiger partial charge in [-0.2, -0.15) is 0 Å². The summed E-state index contributed by atoms with van der Waals surface area (Å²) in [5, 5.41) is 14.5. The van der Waals surface area contributed by atoms with Gasteiger partial charge >= 0.3 is 0 Å². The van der Waals surface area contributed by atoms with Crippen molar-refractivity contribution in [2.45, 2.75) is 38.3 Å². The van der Waals surface area contributed by atoms with Gasteiger partial charge in [0.15, 0.2) is 0 Å². The molecule has 1 N–H and O–H groups in total. The lowest BCUT2D eigenvalue weighted by Crippen LogP contribution is -2.48. The molecule has 1 aliphatic rings. The Labute approximate surface area is 139 Å². The van der Waals surface area contributed by atoms with Gasteiger partial charge in [0, 0.05) is 23.2 Å². The van der Waals surface area contributed by atoms with E-state index in [0.29, 0.717) is 17.3 Å². The number of aliphatic hydroxyl groups excluding tert-OH is 1. The second-order valence-electron chi connectivity index (χ2n) is 5.89. The van der Waals surface area contributed by atoms with Crippen LogP contribution in [0.15, 0.2) is 34.9 Å². The van der Waals surface area contributed by atoms with Crippen molar-refractivity contribution in [3.05, 3.63) is 41.1 Å². The molecule has 23 heavy (non-hydrogen) atoms. The van der Waals surface area contributed by atoms with Gasteiger partial charge < -0.3 is 14.5 Å². The summed E-state index contributed by atoms with van der Waals surface area (Å²) in [6.45, 7) is 2.34. The second kappa shape index (κ2) is 6.72. The average Bonchev–Trinajstić information content (AvgIpc) is 3.04. The monoisotopic (exact) mass is 334 g/mol. The van der Waals surface area contributed by atoms with Crippen molar-refractivity contribution in [2.75, 3.05) is 6.54 Å². The molecule has 2 atom stereocenters. The Balaban J connectivity index is 1.83. The minimum absolute atomic E-state index is 0.170. The number of carbonyl (C=O) groups is 1. The lowest BCUT2D eigenvalue weighted by molar-refractivity contribution is 0.0252. The predicted octanol–water partition coefficient (Wildman–Crippen LogP) is 3.37. The standard InChI is InChI=1S/C17H19ClN2O3/c1-11(21)15-7-2-3-8-20(15)17(22)16-10-14(19-23-16)12-5-4-6-13(18)9-12/h4-6,9-11,15,21H,2-3,7-8H2,1H3. The van der Waals surface area contributed by atoms with E-state index in [1.807, 2.05) is 12.1 Å². The van der Waals surface area contributed by atoms with Crippen molar-refractivity contribution in [3.63, 3.8) is 0 Å². The predicted molar refractivity (Wildman–Crippen MR) is 87.3 cm³/mol. The topological polar surface area (TPSA) is 66.6 Å². The molecule has 1 aliphatic heterocycles. The summed E-state index contributed by atoms with van der Waals surface area (Å²) in [5.41, 5.74) is 1.37. The normalized spacial score (nSPS) is 19.6. The number of benzene rings is 1. The Morgan fingerprint density at radius 2 is 2.26 bits per heavy atom. The number of halogens is 1. The van der Waals surface area contributed by atoms with Gasteiger partial charge in [-0.1, -0.05) is 28.9 Å². The second-order valence-corrected chi connectivity index (χ2v) is 6.33. The lowest BCUT2D eigenvalue weighted by Gasteiger charge is -2.36. The maximum absolute atomic E-state index is 12.7. The van der Waals surface area contributed by atoms with E-state index in [1.54, 1.807) is 30.0 Å². The quantitative estimate of drug-likeness (QED) is 0.934. The van der Waals surface area contributed by atoms with Crippen molar-refractivity contribution in [2.24, 2.45) is 0 Å². The molecule has 1 saturated heterocycles. The third-order valence-electron chi connectivity index (χ3n) is 4.21. The molecule has 3 rings (SSSR count). The zero-order chi connectivity index (χ0) is 16.4. The Kier molecular flexibility index (Phi) is 4.68. The van der Waals surface area contributed by atoms with Crippen LogP contribution in [0.4, 0.5) is 0 Å². The molecule has 122 valence electrons. The number of rotatable bonds is 3. The number of hydrogen-bond donors (Lipinski definition) is 1. The van der Waals surface area contributed by atoms with Crippen molar-refractivity contribution in [1.29, 1.82) is 0 Å². The Bertz CT molecular complexity index is 699. The van der Waals surface area contributed by atoms with Crippen molar-refractivity contribution < 1.29 is 14.4 Å². The van der Waals surface area contributed by atoms with Gasteiger partial charge in [0.25, 0.3) is 5.91 Å². The number of nitrogens with zero attached hydrogens (tertiary/aromatic N) is 2. The molecule has 0 spiro atoms. The number of hydrogen-bond acceptors (Lipinski definition) is 4. The number of aromatic nitrogens is 1.